The molecule has 0 spiro atoms. The molecule has 3 aromatic carbocycles. The van der Waals surface area contributed by atoms with Crippen molar-refractivity contribution < 1.29 is 9.53 Å². The van der Waals surface area contributed by atoms with Crippen molar-refractivity contribution in [3.05, 3.63) is 93.7 Å². The van der Waals surface area contributed by atoms with E-state index in [9.17, 15) is 9.59 Å². The summed E-state index contributed by atoms with van der Waals surface area (Å²) in [6.45, 7) is 0. The van der Waals surface area contributed by atoms with E-state index >= 15 is 0 Å². The molecule has 4 rings (SSSR count). The van der Waals surface area contributed by atoms with Crippen LogP contribution in [0.25, 0.3) is 22.3 Å². The topological polar surface area (TPSA) is 73.2 Å². The zero-order valence-electron chi connectivity index (χ0n) is 16.1. The van der Waals surface area contributed by atoms with Gasteiger partial charge in [0, 0.05) is 10.6 Å². The molecule has 6 nitrogen and oxygen atoms in total. The first-order valence-electron chi connectivity index (χ1n) is 9.25. The van der Waals surface area contributed by atoms with Crippen LogP contribution in [0.4, 0.5) is 0 Å². The molecule has 1 amide bonds. The Morgan fingerprint density at radius 1 is 1.07 bits per heavy atom. The van der Waals surface area contributed by atoms with Crippen LogP contribution in [0.2, 0.25) is 5.02 Å². The molecule has 1 heterocycles. The zero-order chi connectivity index (χ0) is 21.1. The molecule has 1 aromatic heterocycles. The minimum atomic E-state index is -0.358. The summed E-state index contributed by atoms with van der Waals surface area (Å²) in [6, 6.07) is 21.2. The molecule has 0 unspecified atom stereocenters. The Labute approximate surface area is 177 Å². The van der Waals surface area contributed by atoms with Crippen LogP contribution in [0.1, 0.15) is 5.56 Å². The Kier molecular flexibility index (Phi) is 5.50. The van der Waals surface area contributed by atoms with E-state index in [0.29, 0.717) is 33.1 Å². The first kappa shape index (κ1) is 19.7. The van der Waals surface area contributed by atoms with Crippen LogP contribution in [-0.4, -0.2) is 22.7 Å². The number of aromatic nitrogens is 2. The van der Waals surface area contributed by atoms with Crippen molar-refractivity contribution in [1.82, 2.24) is 9.66 Å². The van der Waals surface area contributed by atoms with Gasteiger partial charge in [-0.15, -0.1) is 0 Å². The number of fused-ring (bicyclic) bond motifs is 1. The number of halogens is 1. The Morgan fingerprint density at radius 2 is 1.83 bits per heavy atom. The van der Waals surface area contributed by atoms with Crippen LogP contribution >= 0.6 is 11.6 Å². The van der Waals surface area contributed by atoms with Gasteiger partial charge >= 0.3 is 0 Å². The fraction of sp³-hybridized carbons (Fsp3) is 0.0870. The van der Waals surface area contributed by atoms with Gasteiger partial charge in [-0.2, -0.15) is 4.68 Å². The van der Waals surface area contributed by atoms with Gasteiger partial charge < -0.3 is 4.74 Å². The lowest BCUT2D eigenvalue weighted by Gasteiger charge is -2.15. The van der Waals surface area contributed by atoms with Gasteiger partial charge in [0.25, 0.3) is 5.56 Å². The lowest BCUT2D eigenvalue weighted by molar-refractivity contribution is -0.116. The quantitative estimate of drug-likeness (QED) is 0.530. The molecule has 0 fully saturated rings. The van der Waals surface area contributed by atoms with Crippen molar-refractivity contribution in [3.8, 4) is 17.1 Å². The van der Waals surface area contributed by atoms with E-state index in [4.69, 9.17) is 16.3 Å². The highest BCUT2D eigenvalue weighted by Gasteiger charge is 2.16. The summed E-state index contributed by atoms with van der Waals surface area (Å²) in [7, 11) is 1.56. The molecular formula is C23H18ClN3O3. The molecule has 0 bridgehead atoms. The highest BCUT2D eigenvalue weighted by Crippen LogP contribution is 2.22. The predicted molar refractivity (Wildman–Crippen MR) is 118 cm³/mol. The van der Waals surface area contributed by atoms with Crippen LogP contribution in [0, 0.1) is 0 Å². The van der Waals surface area contributed by atoms with Crippen molar-refractivity contribution in [2.75, 3.05) is 12.5 Å². The van der Waals surface area contributed by atoms with Gasteiger partial charge in [0.1, 0.15) is 5.75 Å². The number of para-hydroxylation sites is 1. The van der Waals surface area contributed by atoms with Crippen LogP contribution in [-0.2, 0) is 11.2 Å². The number of benzene rings is 3. The number of carbonyl (C=O) groups is 1. The lowest BCUT2D eigenvalue weighted by atomic mass is 10.1. The SMILES string of the molecule is COc1cccc(-c2nc3ccccc3c(=O)n2NC(=O)Cc2ccc(Cl)cc2)c1. The van der Waals surface area contributed by atoms with Crippen molar-refractivity contribution in [3.63, 3.8) is 0 Å². The molecule has 0 saturated heterocycles. The average Bonchev–Trinajstić information content (AvgIpc) is 2.77. The van der Waals surface area contributed by atoms with Crippen molar-refractivity contribution in [2.45, 2.75) is 6.42 Å². The number of rotatable bonds is 5. The molecule has 0 aliphatic rings. The maximum Gasteiger partial charge on any atom is 0.280 e. The van der Waals surface area contributed by atoms with Gasteiger partial charge in [0.15, 0.2) is 5.82 Å². The van der Waals surface area contributed by atoms with Gasteiger partial charge in [0.05, 0.1) is 24.4 Å². The van der Waals surface area contributed by atoms with Crippen molar-refractivity contribution >= 4 is 28.4 Å². The molecule has 0 saturated carbocycles. The van der Waals surface area contributed by atoms with Crippen LogP contribution < -0.4 is 15.7 Å². The van der Waals surface area contributed by atoms with Gasteiger partial charge in [0.2, 0.25) is 5.91 Å². The Balaban J connectivity index is 1.78. The van der Waals surface area contributed by atoms with Gasteiger partial charge in [-0.05, 0) is 42.0 Å². The number of ether oxygens (including phenoxy) is 1. The fourth-order valence-corrected chi connectivity index (χ4v) is 3.27. The molecule has 4 aromatic rings. The minimum absolute atomic E-state index is 0.0913. The summed E-state index contributed by atoms with van der Waals surface area (Å²) >= 11 is 5.90. The van der Waals surface area contributed by atoms with Crippen LogP contribution in [0.5, 0.6) is 5.75 Å². The highest BCUT2D eigenvalue weighted by molar-refractivity contribution is 6.30. The first-order chi connectivity index (χ1) is 14.5. The summed E-state index contributed by atoms with van der Waals surface area (Å²) in [5.41, 5.74) is 4.31. The van der Waals surface area contributed by atoms with Gasteiger partial charge in [-0.3, -0.25) is 15.0 Å². The molecule has 1 N–H and O–H groups in total. The summed E-state index contributed by atoms with van der Waals surface area (Å²) < 4.78 is 6.48. The summed E-state index contributed by atoms with van der Waals surface area (Å²) in [6.07, 6.45) is 0.0913. The number of methoxy groups -OCH3 is 1. The lowest BCUT2D eigenvalue weighted by Crippen LogP contribution is -2.35. The van der Waals surface area contributed by atoms with Crippen LogP contribution in [0.3, 0.4) is 0 Å². The van der Waals surface area contributed by atoms with E-state index in [2.05, 4.69) is 10.4 Å². The first-order valence-corrected chi connectivity index (χ1v) is 9.63. The normalized spacial score (nSPS) is 10.7. The molecule has 0 radical (unpaired) electrons. The third-order valence-corrected chi connectivity index (χ3v) is 4.87. The number of nitrogens with zero attached hydrogens (tertiary/aromatic N) is 2. The van der Waals surface area contributed by atoms with E-state index in [1.165, 1.54) is 4.68 Å². The van der Waals surface area contributed by atoms with E-state index in [0.717, 1.165) is 5.56 Å². The summed E-state index contributed by atoms with van der Waals surface area (Å²) in [5.74, 6) is 0.594. The van der Waals surface area contributed by atoms with Gasteiger partial charge in [-0.25, -0.2) is 4.98 Å². The largest absolute Gasteiger partial charge is 0.497 e. The Hall–Kier alpha value is -3.64. The van der Waals surface area contributed by atoms with E-state index < -0.39 is 0 Å². The maximum atomic E-state index is 13.2. The second-order valence-corrected chi connectivity index (χ2v) is 7.10. The smallest absolute Gasteiger partial charge is 0.280 e. The molecule has 30 heavy (non-hydrogen) atoms. The monoisotopic (exact) mass is 419 g/mol. The van der Waals surface area contributed by atoms with Crippen LogP contribution in [0.15, 0.2) is 77.6 Å². The van der Waals surface area contributed by atoms with E-state index in [-0.39, 0.29) is 17.9 Å². The standard InChI is InChI=1S/C23H18ClN3O3/c1-30-18-6-4-5-16(14-18)22-25-20-8-3-2-7-19(20)23(29)27(22)26-21(28)13-15-9-11-17(24)12-10-15/h2-12,14H,13H2,1H3,(H,26,28). The number of hydrogen-bond donors (Lipinski definition) is 1. The molecule has 0 atom stereocenters. The minimum Gasteiger partial charge on any atom is -0.497 e. The molecule has 7 heteroatoms. The molecule has 150 valence electrons. The summed E-state index contributed by atoms with van der Waals surface area (Å²) in [4.78, 5) is 30.5. The molecular weight excluding hydrogens is 402 g/mol. The molecule has 0 aliphatic heterocycles. The van der Waals surface area contributed by atoms with Gasteiger partial charge in [-0.1, -0.05) is 48.0 Å². The van der Waals surface area contributed by atoms with Crippen molar-refractivity contribution in [2.24, 2.45) is 0 Å². The van der Waals surface area contributed by atoms with E-state index in [1.54, 1.807) is 73.8 Å². The summed E-state index contributed by atoms with van der Waals surface area (Å²) in [5, 5.41) is 1.00. The Morgan fingerprint density at radius 3 is 2.60 bits per heavy atom. The highest BCUT2D eigenvalue weighted by atomic mass is 35.5. The zero-order valence-corrected chi connectivity index (χ0v) is 16.9. The number of carbonyl (C=O) groups excluding carboxylic acids is 1. The van der Waals surface area contributed by atoms with Crippen molar-refractivity contribution in [1.29, 1.82) is 0 Å². The maximum absolute atomic E-state index is 13.2. The van der Waals surface area contributed by atoms with E-state index in [1.807, 2.05) is 6.07 Å². The fourth-order valence-electron chi connectivity index (χ4n) is 3.14. The number of amides is 1. The number of nitrogens with one attached hydrogen (secondary N) is 1. The second kappa shape index (κ2) is 8.39. The molecule has 0 aliphatic carbocycles. The Bertz CT molecular complexity index is 1280. The average molecular weight is 420 g/mol. The predicted octanol–water partition coefficient (Wildman–Crippen LogP) is 4.04. The third kappa shape index (κ3) is 4.04. The third-order valence-electron chi connectivity index (χ3n) is 4.62. The second-order valence-electron chi connectivity index (χ2n) is 6.66. The number of hydrogen-bond acceptors (Lipinski definition) is 4.